The fourth-order valence-electron chi connectivity index (χ4n) is 2.00. The van der Waals surface area contributed by atoms with E-state index in [4.69, 9.17) is 19.9 Å². The van der Waals surface area contributed by atoms with E-state index in [0.29, 0.717) is 29.5 Å². The molecule has 0 atom stereocenters. The lowest BCUT2D eigenvalue weighted by atomic mass is 10.2. The second-order valence-corrected chi connectivity index (χ2v) is 4.35. The van der Waals surface area contributed by atoms with Gasteiger partial charge in [0.1, 0.15) is 5.75 Å². The average molecular weight is 288 g/mol. The van der Waals surface area contributed by atoms with Gasteiger partial charge in [-0.25, -0.2) is 0 Å². The quantitative estimate of drug-likeness (QED) is 0.797. The maximum atomic E-state index is 6.10. The first kappa shape index (κ1) is 14.8. The molecule has 0 aliphatic rings. The predicted octanol–water partition coefficient (Wildman–Crippen LogP) is 3.43. The summed E-state index contributed by atoms with van der Waals surface area (Å²) < 4.78 is 16.0. The van der Waals surface area contributed by atoms with Crippen molar-refractivity contribution in [3.8, 4) is 17.2 Å². The van der Waals surface area contributed by atoms with Crippen molar-refractivity contribution >= 4 is 17.1 Å². The van der Waals surface area contributed by atoms with E-state index in [1.54, 1.807) is 14.2 Å². The number of methoxy groups -OCH3 is 2. The lowest BCUT2D eigenvalue weighted by Crippen LogP contribution is -2.01. The smallest absolute Gasteiger partial charge is 0.162 e. The Kier molecular flexibility index (Phi) is 4.77. The first-order valence-electron chi connectivity index (χ1n) is 6.70. The lowest BCUT2D eigenvalue weighted by Gasteiger charge is -2.14. The van der Waals surface area contributed by atoms with Gasteiger partial charge >= 0.3 is 0 Å². The molecule has 0 radical (unpaired) electrons. The lowest BCUT2D eigenvalue weighted by molar-refractivity contribution is 0.342. The molecule has 0 spiro atoms. The van der Waals surface area contributed by atoms with Gasteiger partial charge in [0.05, 0.1) is 32.2 Å². The second kappa shape index (κ2) is 6.74. The number of nitrogen functional groups attached to an aromatic ring is 1. The van der Waals surface area contributed by atoms with Crippen molar-refractivity contribution in [3.05, 3.63) is 36.4 Å². The van der Waals surface area contributed by atoms with E-state index in [-0.39, 0.29) is 0 Å². The molecule has 2 aromatic rings. The molecule has 21 heavy (non-hydrogen) atoms. The van der Waals surface area contributed by atoms with Crippen LogP contribution in [0.2, 0.25) is 0 Å². The number of anilines is 3. The Morgan fingerprint density at radius 2 is 1.76 bits per heavy atom. The molecule has 0 saturated heterocycles. The van der Waals surface area contributed by atoms with Crippen molar-refractivity contribution in [2.75, 3.05) is 31.9 Å². The monoisotopic (exact) mass is 288 g/mol. The number of hydrogen-bond acceptors (Lipinski definition) is 5. The molecule has 0 aromatic heterocycles. The number of para-hydroxylation sites is 1. The largest absolute Gasteiger partial charge is 0.493 e. The molecule has 0 fully saturated rings. The fourth-order valence-corrected chi connectivity index (χ4v) is 2.00. The van der Waals surface area contributed by atoms with Crippen molar-refractivity contribution in [1.82, 2.24) is 0 Å². The minimum absolute atomic E-state index is 0.573. The topological polar surface area (TPSA) is 65.7 Å². The summed E-state index contributed by atoms with van der Waals surface area (Å²) >= 11 is 0. The van der Waals surface area contributed by atoms with Gasteiger partial charge in [0.2, 0.25) is 0 Å². The summed E-state index contributed by atoms with van der Waals surface area (Å²) in [6.45, 7) is 2.50. The molecular weight excluding hydrogens is 268 g/mol. The van der Waals surface area contributed by atoms with Crippen LogP contribution in [0.25, 0.3) is 0 Å². The van der Waals surface area contributed by atoms with Crippen LogP contribution in [0.15, 0.2) is 36.4 Å². The zero-order valence-electron chi connectivity index (χ0n) is 12.5. The molecule has 2 rings (SSSR count). The number of rotatable bonds is 6. The number of nitrogens with one attached hydrogen (secondary N) is 1. The van der Waals surface area contributed by atoms with Crippen molar-refractivity contribution < 1.29 is 14.2 Å². The summed E-state index contributed by atoms with van der Waals surface area (Å²) in [7, 11) is 3.21. The molecule has 2 aromatic carbocycles. The Balaban J connectivity index is 2.28. The second-order valence-electron chi connectivity index (χ2n) is 4.35. The molecule has 0 bridgehead atoms. The van der Waals surface area contributed by atoms with Gasteiger partial charge in [-0.15, -0.1) is 0 Å². The van der Waals surface area contributed by atoms with Gasteiger partial charge in [-0.2, -0.15) is 0 Å². The van der Waals surface area contributed by atoms with E-state index in [0.717, 1.165) is 11.4 Å². The molecule has 112 valence electrons. The van der Waals surface area contributed by atoms with Crippen molar-refractivity contribution in [3.63, 3.8) is 0 Å². The first-order chi connectivity index (χ1) is 10.2. The minimum atomic E-state index is 0.573. The van der Waals surface area contributed by atoms with Crippen LogP contribution in [0, 0.1) is 0 Å². The number of benzene rings is 2. The number of ether oxygens (including phenoxy) is 3. The summed E-state index contributed by atoms with van der Waals surface area (Å²) in [6.07, 6.45) is 0. The van der Waals surface area contributed by atoms with Crippen LogP contribution in [0.3, 0.4) is 0 Å². The average Bonchev–Trinajstić information content (AvgIpc) is 2.51. The van der Waals surface area contributed by atoms with E-state index in [2.05, 4.69) is 5.32 Å². The highest BCUT2D eigenvalue weighted by atomic mass is 16.5. The van der Waals surface area contributed by atoms with E-state index in [1.165, 1.54) is 0 Å². The summed E-state index contributed by atoms with van der Waals surface area (Å²) in [5.74, 6) is 2.00. The Morgan fingerprint density at radius 1 is 1.00 bits per heavy atom. The van der Waals surface area contributed by atoms with Gasteiger partial charge in [-0.05, 0) is 31.2 Å². The molecular formula is C16H20N2O3. The first-order valence-corrected chi connectivity index (χ1v) is 6.70. The molecule has 5 heteroatoms. The van der Waals surface area contributed by atoms with Gasteiger partial charge in [-0.3, -0.25) is 0 Å². The molecule has 5 nitrogen and oxygen atoms in total. The molecule has 0 aliphatic carbocycles. The van der Waals surface area contributed by atoms with E-state index in [9.17, 15) is 0 Å². The Labute approximate surface area is 124 Å². The summed E-state index contributed by atoms with van der Waals surface area (Å²) in [4.78, 5) is 0. The van der Waals surface area contributed by atoms with Gasteiger partial charge in [0, 0.05) is 11.8 Å². The third kappa shape index (κ3) is 3.31. The third-order valence-corrected chi connectivity index (χ3v) is 3.03. The van der Waals surface area contributed by atoms with Crippen molar-refractivity contribution in [2.24, 2.45) is 0 Å². The Bertz CT molecular complexity index is 614. The molecule has 0 aliphatic heterocycles. The molecule has 0 unspecified atom stereocenters. The number of hydrogen-bond donors (Lipinski definition) is 2. The Morgan fingerprint density at radius 3 is 2.43 bits per heavy atom. The summed E-state index contributed by atoms with van der Waals surface area (Å²) in [5.41, 5.74) is 8.32. The molecule has 0 heterocycles. The Hall–Kier alpha value is -2.56. The fraction of sp³-hybridized carbons (Fsp3) is 0.250. The molecule has 3 N–H and O–H groups in total. The summed E-state index contributed by atoms with van der Waals surface area (Å²) in [5, 5.41) is 3.26. The highest BCUT2D eigenvalue weighted by Crippen LogP contribution is 2.34. The summed E-state index contributed by atoms with van der Waals surface area (Å²) in [6, 6.07) is 11.2. The maximum Gasteiger partial charge on any atom is 0.162 e. The van der Waals surface area contributed by atoms with Crippen molar-refractivity contribution in [2.45, 2.75) is 6.92 Å². The van der Waals surface area contributed by atoms with E-state index in [1.807, 2.05) is 43.3 Å². The standard InChI is InChI=1S/C16H20N2O3/c1-4-21-14-7-5-6-12(16(14)17)18-11-8-9-13(19-2)15(10-11)20-3/h5-10,18H,4,17H2,1-3H3. The zero-order chi connectivity index (χ0) is 15.2. The van der Waals surface area contributed by atoms with Crippen LogP contribution in [0.5, 0.6) is 17.2 Å². The highest BCUT2D eigenvalue weighted by molar-refractivity contribution is 5.78. The van der Waals surface area contributed by atoms with Crippen LogP contribution >= 0.6 is 0 Å². The van der Waals surface area contributed by atoms with Gasteiger partial charge < -0.3 is 25.3 Å². The maximum absolute atomic E-state index is 6.10. The van der Waals surface area contributed by atoms with Gasteiger partial charge in [0.15, 0.2) is 11.5 Å². The van der Waals surface area contributed by atoms with Crippen LogP contribution in [-0.2, 0) is 0 Å². The highest BCUT2D eigenvalue weighted by Gasteiger charge is 2.08. The normalized spacial score (nSPS) is 10.0. The van der Waals surface area contributed by atoms with Crippen LogP contribution < -0.4 is 25.3 Å². The molecule has 0 saturated carbocycles. The van der Waals surface area contributed by atoms with Gasteiger partial charge in [0.25, 0.3) is 0 Å². The minimum Gasteiger partial charge on any atom is -0.493 e. The van der Waals surface area contributed by atoms with Crippen molar-refractivity contribution in [1.29, 1.82) is 0 Å². The predicted molar refractivity (Wildman–Crippen MR) is 84.9 cm³/mol. The van der Waals surface area contributed by atoms with E-state index >= 15 is 0 Å². The van der Waals surface area contributed by atoms with Gasteiger partial charge in [-0.1, -0.05) is 6.07 Å². The van der Waals surface area contributed by atoms with Crippen LogP contribution in [-0.4, -0.2) is 20.8 Å². The number of nitrogens with two attached hydrogens (primary N) is 1. The van der Waals surface area contributed by atoms with Crippen LogP contribution in [0.4, 0.5) is 17.1 Å². The SMILES string of the molecule is CCOc1cccc(Nc2ccc(OC)c(OC)c2)c1N. The van der Waals surface area contributed by atoms with E-state index < -0.39 is 0 Å². The zero-order valence-corrected chi connectivity index (χ0v) is 12.5. The van der Waals surface area contributed by atoms with Crippen LogP contribution in [0.1, 0.15) is 6.92 Å². The molecule has 0 amide bonds. The third-order valence-electron chi connectivity index (χ3n) is 3.03.